The molecule has 0 aliphatic heterocycles. The molecule has 1 aromatic carbocycles. The van der Waals surface area contributed by atoms with Gasteiger partial charge in [-0.25, -0.2) is 0 Å². The summed E-state index contributed by atoms with van der Waals surface area (Å²) in [4.78, 5) is 0. The van der Waals surface area contributed by atoms with Gasteiger partial charge in [-0.05, 0) is 105 Å². The molecule has 0 spiro atoms. The number of fused-ring (bicyclic) bond motifs is 3. The fourth-order valence-electron chi connectivity index (χ4n) is 8.88. The zero-order valence-corrected chi connectivity index (χ0v) is 26.9. The fraction of sp³-hybridized carbons (Fsp3) is 0.641. The van der Waals surface area contributed by atoms with Crippen LogP contribution in [0.5, 0.6) is 0 Å². The zero-order valence-electron chi connectivity index (χ0n) is 26.9. The highest BCUT2D eigenvalue weighted by molar-refractivity contribution is 5.74. The quantitative estimate of drug-likeness (QED) is 0.369. The summed E-state index contributed by atoms with van der Waals surface area (Å²) in [6, 6.07) is 11.3. The Morgan fingerprint density at radius 1 is 0.641 bits per heavy atom. The van der Waals surface area contributed by atoms with Gasteiger partial charge in [-0.1, -0.05) is 137 Å². The second kappa shape index (κ2) is 9.63. The molecule has 0 heterocycles. The lowest BCUT2D eigenvalue weighted by atomic mass is 9.59. The Hall–Kier alpha value is -1.82. The first kappa shape index (κ1) is 28.7. The molecule has 0 aromatic heterocycles. The first-order valence-electron chi connectivity index (χ1n) is 15.9. The van der Waals surface area contributed by atoms with Crippen molar-refractivity contribution in [3.05, 3.63) is 77.4 Å². The molecular formula is C39H56. The Morgan fingerprint density at radius 2 is 1.23 bits per heavy atom. The molecule has 2 fully saturated rings. The molecule has 1 aromatic rings. The largest absolute Gasteiger partial charge is 0.0799 e. The molecular weight excluding hydrogens is 468 g/mol. The van der Waals surface area contributed by atoms with Crippen molar-refractivity contribution in [3.63, 3.8) is 0 Å². The second-order valence-corrected chi connectivity index (χ2v) is 17.2. The van der Waals surface area contributed by atoms with E-state index in [2.05, 4.69) is 137 Å². The van der Waals surface area contributed by atoms with Crippen LogP contribution < -0.4 is 0 Å². The maximum atomic E-state index is 2.76. The van der Waals surface area contributed by atoms with Crippen LogP contribution >= 0.6 is 0 Å². The third-order valence-electron chi connectivity index (χ3n) is 11.4. The summed E-state index contributed by atoms with van der Waals surface area (Å²) >= 11 is 0. The van der Waals surface area contributed by atoms with Gasteiger partial charge in [-0.2, -0.15) is 0 Å². The molecule has 2 saturated carbocycles. The van der Waals surface area contributed by atoms with Gasteiger partial charge < -0.3 is 0 Å². The molecule has 212 valence electrons. The molecule has 0 heteroatoms. The molecule has 0 N–H and O–H groups in total. The van der Waals surface area contributed by atoms with Crippen molar-refractivity contribution in [2.24, 2.45) is 63.1 Å². The predicted octanol–water partition coefficient (Wildman–Crippen LogP) is 11.2. The van der Waals surface area contributed by atoms with E-state index < -0.39 is 0 Å². The van der Waals surface area contributed by atoms with E-state index >= 15 is 0 Å². The summed E-state index contributed by atoms with van der Waals surface area (Å²) in [5.74, 6) is 4.54. The molecule has 5 rings (SSSR count). The van der Waals surface area contributed by atoms with Crippen molar-refractivity contribution in [3.8, 4) is 0 Å². The highest BCUT2D eigenvalue weighted by Gasteiger charge is 2.58. The van der Waals surface area contributed by atoms with E-state index in [9.17, 15) is 0 Å². The Morgan fingerprint density at radius 3 is 1.79 bits per heavy atom. The van der Waals surface area contributed by atoms with Crippen LogP contribution in [0.1, 0.15) is 101 Å². The van der Waals surface area contributed by atoms with Gasteiger partial charge in [0.05, 0.1) is 0 Å². The van der Waals surface area contributed by atoms with Crippen LogP contribution in [0.3, 0.4) is 0 Å². The van der Waals surface area contributed by atoms with Crippen LogP contribution in [0, 0.1) is 63.1 Å². The Kier molecular flexibility index (Phi) is 7.09. The fourth-order valence-corrected chi connectivity index (χ4v) is 8.88. The summed E-state index contributed by atoms with van der Waals surface area (Å²) < 4.78 is 0. The number of benzene rings is 1. The van der Waals surface area contributed by atoms with Crippen molar-refractivity contribution in [1.82, 2.24) is 0 Å². The van der Waals surface area contributed by atoms with Crippen molar-refractivity contribution >= 4 is 5.57 Å². The van der Waals surface area contributed by atoms with Crippen LogP contribution in [0.15, 0.2) is 71.9 Å². The summed E-state index contributed by atoms with van der Waals surface area (Å²) in [7, 11) is 0. The molecule has 7 atom stereocenters. The number of rotatable bonds is 3. The summed E-state index contributed by atoms with van der Waals surface area (Å²) in [6.45, 7) is 27.1. The molecule has 39 heavy (non-hydrogen) atoms. The molecule has 0 radical (unpaired) electrons. The summed E-state index contributed by atoms with van der Waals surface area (Å²) in [6.07, 6.45) is 17.4. The zero-order chi connectivity index (χ0) is 28.5. The minimum atomic E-state index is 0.139. The van der Waals surface area contributed by atoms with E-state index in [0.717, 1.165) is 11.8 Å². The maximum absolute atomic E-state index is 2.76. The van der Waals surface area contributed by atoms with Crippen LogP contribution in [0.2, 0.25) is 0 Å². The van der Waals surface area contributed by atoms with E-state index in [0.29, 0.717) is 35.0 Å². The van der Waals surface area contributed by atoms with Crippen molar-refractivity contribution < 1.29 is 0 Å². The van der Waals surface area contributed by atoms with E-state index in [-0.39, 0.29) is 16.2 Å². The predicted molar refractivity (Wildman–Crippen MR) is 170 cm³/mol. The highest BCUT2D eigenvalue weighted by atomic mass is 14.6. The second-order valence-electron chi connectivity index (χ2n) is 17.2. The van der Waals surface area contributed by atoms with Gasteiger partial charge >= 0.3 is 0 Å². The van der Waals surface area contributed by atoms with Gasteiger partial charge in [-0.3, -0.25) is 0 Å². The van der Waals surface area contributed by atoms with E-state index in [4.69, 9.17) is 0 Å². The third kappa shape index (κ3) is 5.20. The van der Waals surface area contributed by atoms with Crippen LogP contribution in [-0.2, 0) is 0 Å². The number of allylic oxidation sites excluding steroid dienone is 8. The Bertz CT molecular complexity index is 1180. The maximum Gasteiger partial charge on any atom is -0.00209 e. The molecule has 4 aliphatic carbocycles. The van der Waals surface area contributed by atoms with Gasteiger partial charge in [0.15, 0.2) is 0 Å². The number of hydrogen-bond acceptors (Lipinski definition) is 0. The molecule has 7 unspecified atom stereocenters. The van der Waals surface area contributed by atoms with E-state index in [1.165, 1.54) is 36.0 Å². The molecule has 0 bridgehead atoms. The van der Waals surface area contributed by atoms with Crippen LogP contribution in [-0.4, -0.2) is 0 Å². The van der Waals surface area contributed by atoms with Gasteiger partial charge in [0.25, 0.3) is 0 Å². The molecule has 4 aliphatic rings. The topological polar surface area (TPSA) is 0 Å². The first-order valence-corrected chi connectivity index (χ1v) is 15.9. The average molecular weight is 525 g/mol. The number of hydrogen-bond donors (Lipinski definition) is 0. The molecule has 0 amide bonds. The van der Waals surface area contributed by atoms with Crippen LogP contribution in [0.25, 0.3) is 5.57 Å². The van der Waals surface area contributed by atoms with Gasteiger partial charge in [0, 0.05) is 0 Å². The standard InChI is InChI=1S/C39H56/c1-36(2,3)26-17-18-28(21-26)39(10,11)35-32-22-27(37(4,5)6)19-20-30(32)34-31(25-15-13-12-14-16-25)23-29(24-33(34)35)38(7,8)9/h12-16,19-20,22-24,26,28,30,32-35H,17-18,21H2,1-11H3. The lowest BCUT2D eigenvalue weighted by Crippen LogP contribution is -2.39. The summed E-state index contributed by atoms with van der Waals surface area (Å²) in [5, 5.41) is 0. The minimum absolute atomic E-state index is 0.139. The monoisotopic (exact) mass is 524 g/mol. The molecule has 0 nitrogen and oxygen atoms in total. The lowest BCUT2D eigenvalue weighted by molar-refractivity contribution is 0.0675. The van der Waals surface area contributed by atoms with Gasteiger partial charge in [0.1, 0.15) is 0 Å². The normalized spacial score (nSPS) is 33.3. The summed E-state index contributed by atoms with van der Waals surface area (Å²) in [5.41, 5.74) is 7.08. The van der Waals surface area contributed by atoms with Crippen molar-refractivity contribution in [2.75, 3.05) is 0 Å². The van der Waals surface area contributed by atoms with Crippen molar-refractivity contribution in [1.29, 1.82) is 0 Å². The lowest BCUT2D eigenvalue weighted by Gasteiger charge is -2.45. The van der Waals surface area contributed by atoms with E-state index in [1.807, 2.05) is 0 Å². The van der Waals surface area contributed by atoms with E-state index in [1.54, 1.807) is 5.57 Å². The van der Waals surface area contributed by atoms with Gasteiger partial charge in [0.2, 0.25) is 0 Å². The third-order valence-corrected chi connectivity index (χ3v) is 11.4. The smallest absolute Gasteiger partial charge is 0.00209 e. The van der Waals surface area contributed by atoms with Gasteiger partial charge in [-0.15, -0.1) is 0 Å². The van der Waals surface area contributed by atoms with Crippen LogP contribution in [0.4, 0.5) is 0 Å². The highest BCUT2D eigenvalue weighted by Crippen LogP contribution is 2.65. The van der Waals surface area contributed by atoms with Crippen molar-refractivity contribution in [2.45, 2.75) is 95.4 Å². The minimum Gasteiger partial charge on any atom is -0.0799 e. The molecule has 0 saturated heterocycles. The Labute approximate surface area is 241 Å². The average Bonchev–Trinajstić information content (AvgIpc) is 3.47. The SMILES string of the molecule is CC(C)(C)C1=CC2C(C=C1)C1C(c3ccccc3)=CC(C(C)(C)C)=CC1C2C(C)(C)C1CCC(C(C)(C)C)C1. The first-order chi connectivity index (χ1) is 18.0. The Balaban J connectivity index is 1.65.